The van der Waals surface area contributed by atoms with Crippen LogP contribution in [-0.4, -0.2) is 0 Å². The van der Waals surface area contributed by atoms with Gasteiger partial charge in [-0.2, -0.15) is 0 Å². The summed E-state index contributed by atoms with van der Waals surface area (Å²) in [5.41, 5.74) is 4.07. The summed E-state index contributed by atoms with van der Waals surface area (Å²) in [6, 6.07) is 6.44. The maximum absolute atomic E-state index is 3.83. The number of hydrogen-bond donors (Lipinski definition) is 0. The highest BCUT2D eigenvalue weighted by molar-refractivity contribution is 5.56. The fraction of sp³-hybridized carbons (Fsp3) is 0.333. The van der Waals surface area contributed by atoms with E-state index in [0.29, 0.717) is 0 Å². The van der Waals surface area contributed by atoms with E-state index in [0.717, 1.165) is 6.42 Å². The Bertz CT molecular complexity index is 271. The second kappa shape index (κ2) is 4.10. The van der Waals surface area contributed by atoms with Crippen molar-refractivity contribution < 1.29 is 0 Å². The molecule has 1 aromatic rings. The summed E-state index contributed by atoms with van der Waals surface area (Å²) in [4.78, 5) is 0. The first-order valence-corrected chi connectivity index (χ1v) is 4.50. The Hall–Kier alpha value is -1.04. The third-order valence-corrected chi connectivity index (χ3v) is 2.14. The molecule has 0 heterocycles. The quantitative estimate of drug-likeness (QED) is 0.634. The average molecular weight is 160 g/mol. The van der Waals surface area contributed by atoms with E-state index in [1.165, 1.54) is 23.1 Å². The summed E-state index contributed by atoms with van der Waals surface area (Å²) < 4.78 is 0. The van der Waals surface area contributed by atoms with Crippen LogP contribution in [0.5, 0.6) is 0 Å². The lowest BCUT2D eigenvalue weighted by Gasteiger charge is -2.06. The number of hydrogen-bond acceptors (Lipinski definition) is 0. The zero-order chi connectivity index (χ0) is 8.97. The van der Waals surface area contributed by atoms with Crippen molar-refractivity contribution in [3.8, 4) is 0 Å². The van der Waals surface area contributed by atoms with Crippen molar-refractivity contribution in [2.45, 2.75) is 26.7 Å². The monoisotopic (exact) mass is 160 g/mol. The Labute approximate surface area is 74.9 Å². The number of aryl methyl sites for hydroxylation is 2. The van der Waals surface area contributed by atoms with Crippen LogP contribution in [0.3, 0.4) is 0 Å². The molecule has 0 aromatic heterocycles. The molecule has 0 fully saturated rings. The van der Waals surface area contributed by atoms with Crippen molar-refractivity contribution in [2.24, 2.45) is 0 Å². The molecular formula is C12H16. The van der Waals surface area contributed by atoms with E-state index < -0.39 is 0 Å². The minimum Gasteiger partial charge on any atom is -0.0985 e. The molecule has 0 aliphatic heterocycles. The molecule has 1 rings (SSSR count). The molecule has 0 aliphatic rings. The van der Waals surface area contributed by atoms with E-state index in [-0.39, 0.29) is 0 Å². The van der Waals surface area contributed by atoms with E-state index >= 15 is 0 Å². The van der Waals surface area contributed by atoms with Crippen LogP contribution in [-0.2, 0) is 6.42 Å². The molecule has 0 atom stereocenters. The number of benzene rings is 1. The smallest absolute Gasteiger partial charge is 0.0201 e. The lowest BCUT2D eigenvalue weighted by molar-refractivity contribution is 0.917. The van der Waals surface area contributed by atoms with Crippen LogP contribution >= 0.6 is 0 Å². The van der Waals surface area contributed by atoms with E-state index in [2.05, 4.69) is 38.6 Å². The highest BCUT2D eigenvalue weighted by atomic mass is 14.0. The van der Waals surface area contributed by atoms with Gasteiger partial charge >= 0.3 is 0 Å². The van der Waals surface area contributed by atoms with E-state index in [1.54, 1.807) is 0 Å². The first-order valence-electron chi connectivity index (χ1n) is 4.50. The standard InChI is InChI=1S/C12H16/c1-4-7-11-9-6-8-10(3)12(11)5-2/h5-6,8-9H,2,4,7H2,1,3H3. The zero-order valence-corrected chi connectivity index (χ0v) is 7.93. The largest absolute Gasteiger partial charge is 0.0985 e. The molecule has 0 nitrogen and oxygen atoms in total. The van der Waals surface area contributed by atoms with Crippen molar-refractivity contribution in [3.63, 3.8) is 0 Å². The first-order chi connectivity index (χ1) is 5.79. The van der Waals surface area contributed by atoms with Gasteiger partial charge < -0.3 is 0 Å². The maximum Gasteiger partial charge on any atom is -0.0201 e. The molecule has 0 unspecified atom stereocenters. The summed E-state index contributed by atoms with van der Waals surface area (Å²) in [5, 5.41) is 0. The van der Waals surface area contributed by atoms with Crippen LogP contribution in [0.2, 0.25) is 0 Å². The Kier molecular flexibility index (Phi) is 3.09. The van der Waals surface area contributed by atoms with Crippen molar-refractivity contribution in [2.75, 3.05) is 0 Å². The third kappa shape index (κ3) is 1.76. The third-order valence-electron chi connectivity index (χ3n) is 2.14. The Morgan fingerprint density at radius 1 is 1.42 bits per heavy atom. The van der Waals surface area contributed by atoms with Crippen LogP contribution in [0.25, 0.3) is 6.08 Å². The predicted octanol–water partition coefficient (Wildman–Crippen LogP) is 3.59. The highest BCUT2D eigenvalue weighted by Gasteiger charge is 1.99. The molecule has 0 heteroatoms. The zero-order valence-electron chi connectivity index (χ0n) is 7.93. The van der Waals surface area contributed by atoms with Crippen molar-refractivity contribution in [1.29, 1.82) is 0 Å². The van der Waals surface area contributed by atoms with Gasteiger partial charge in [0.15, 0.2) is 0 Å². The van der Waals surface area contributed by atoms with Crippen LogP contribution in [0, 0.1) is 6.92 Å². The molecule has 0 amide bonds. The van der Waals surface area contributed by atoms with E-state index in [9.17, 15) is 0 Å². The van der Waals surface area contributed by atoms with Gasteiger partial charge in [-0.1, -0.05) is 44.2 Å². The highest BCUT2D eigenvalue weighted by Crippen LogP contribution is 2.16. The molecule has 0 saturated carbocycles. The molecule has 1 aromatic carbocycles. The molecule has 0 aliphatic carbocycles. The summed E-state index contributed by atoms with van der Waals surface area (Å²) in [5.74, 6) is 0. The van der Waals surface area contributed by atoms with Gasteiger partial charge in [0.25, 0.3) is 0 Å². The van der Waals surface area contributed by atoms with Gasteiger partial charge in [-0.05, 0) is 30.0 Å². The van der Waals surface area contributed by atoms with Gasteiger partial charge in [0.1, 0.15) is 0 Å². The summed E-state index contributed by atoms with van der Waals surface area (Å²) >= 11 is 0. The molecule has 0 radical (unpaired) electrons. The minimum absolute atomic E-state index is 1.16. The first kappa shape index (κ1) is 9.05. The molecule has 0 N–H and O–H groups in total. The molecule has 0 bridgehead atoms. The second-order valence-corrected chi connectivity index (χ2v) is 3.10. The Balaban J connectivity index is 3.09. The molecule has 0 spiro atoms. The average Bonchev–Trinajstić information content (AvgIpc) is 2.05. The van der Waals surface area contributed by atoms with Gasteiger partial charge in [-0.25, -0.2) is 0 Å². The van der Waals surface area contributed by atoms with E-state index in [4.69, 9.17) is 0 Å². The van der Waals surface area contributed by atoms with Crippen molar-refractivity contribution >= 4 is 6.08 Å². The fourth-order valence-electron chi connectivity index (χ4n) is 1.52. The normalized spacial score (nSPS) is 9.83. The van der Waals surface area contributed by atoms with Gasteiger partial charge in [-0.15, -0.1) is 0 Å². The Morgan fingerprint density at radius 2 is 2.17 bits per heavy atom. The molecule has 0 saturated heterocycles. The lowest BCUT2D eigenvalue weighted by Crippen LogP contribution is -1.90. The predicted molar refractivity (Wildman–Crippen MR) is 55.3 cm³/mol. The van der Waals surface area contributed by atoms with Crippen LogP contribution in [0.4, 0.5) is 0 Å². The van der Waals surface area contributed by atoms with Crippen molar-refractivity contribution in [3.05, 3.63) is 41.5 Å². The SMILES string of the molecule is C=Cc1c(C)cccc1CCC. The van der Waals surface area contributed by atoms with Crippen molar-refractivity contribution in [1.82, 2.24) is 0 Å². The minimum atomic E-state index is 1.16. The van der Waals surface area contributed by atoms with Gasteiger partial charge in [-0.3, -0.25) is 0 Å². The topological polar surface area (TPSA) is 0 Å². The summed E-state index contributed by atoms with van der Waals surface area (Å²) in [7, 11) is 0. The summed E-state index contributed by atoms with van der Waals surface area (Å²) in [6.45, 7) is 8.17. The maximum atomic E-state index is 3.83. The molecule has 12 heavy (non-hydrogen) atoms. The number of rotatable bonds is 3. The van der Waals surface area contributed by atoms with Gasteiger partial charge in [0.2, 0.25) is 0 Å². The van der Waals surface area contributed by atoms with E-state index in [1.807, 2.05) is 6.08 Å². The summed E-state index contributed by atoms with van der Waals surface area (Å²) in [6.07, 6.45) is 4.31. The molecule has 64 valence electrons. The fourth-order valence-corrected chi connectivity index (χ4v) is 1.52. The Morgan fingerprint density at radius 3 is 2.75 bits per heavy atom. The molecular weight excluding hydrogens is 144 g/mol. The van der Waals surface area contributed by atoms with Gasteiger partial charge in [0, 0.05) is 0 Å². The van der Waals surface area contributed by atoms with Gasteiger partial charge in [0.05, 0.1) is 0 Å². The van der Waals surface area contributed by atoms with Crippen LogP contribution in [0.15, 0.2) is 24.8 Å². The van der Waals surface area contributed by atoms with Crippen LogP contribution in [0.1, 0.15) is 30.0 Å². The second-order valence-electron chi connectivity index (χ2n) is 3.10. The van der Waals surface area contributed by atoms with Crippen LogP contribution < -0.4 is 0 Å². The lowest BCUT2D eigenvalue weighted by atomic mass is 9.99.